The number of aliphatic carboxylic acids is 1. The molecule has 0 saturated carbocycles. The summed E-state index contributed by atoms with van der Waals surface area (Å²) in [5, 5.41) is 25.1. The summed E-state index contributed by atoms with van der Waals surface area (Å²) in [6, 6.07) is 0. The second-order valence-electron chi connectivity index (χ2n) is 1.66. The molecule has 0 aliphatic heterocycles. The average Bonchev–Trinajstić information content (AvgIpc) is 2.00. The van der Waals surface area contributed by atoms with Crippen LogP contribution in [0.5, 0.6) is 0 Å². The van der Waals surface area contributed by atoms with E-state index < -0.39 is 24.1 Å². The van der Waals surface area contributed by atoms with Crippen LogP contribution >= 0.6 is 0 Å². The van der Waals surface area contributed by atoms with Crippen LogP contribution in [0.25, 0.3) is 0 Å². The monoisotopic (exact) mass is 250 g/mol. The molecule has 0 saturated heterocycles. The van der Waals surface area contributed by atoms with Gasteiger partial charge in [-0.05, 0) is 0 Å². The molecule has 3 N–H and O–H groups in total. The fraction of sp³-hybridized carbons (Fsp3) is 0.500. The summed E-state index contributed by atoms with van der Waals surface area (Å²) in [7, 11) is 4.30. The molecule has 0 aliphatic carbocycles. The fourth-order valence-corrected chi connectivity index (χ4v) is 0.334. The van der Waals surface area contributed by atoms with Gasteiger partial charge in [0.1, 0.15) is 0 Å². The van der Waals surface area contributed by atoms with E-state index in [4.69, 9.17) is 15.3 Å². The molecule has 2 unspecified atom stereocenters. The second-order valence-corrected chi connectivity index (χ2v) is 1.66. The molecule has 6 nitrogen and oxygen atoms in total. The van der Waals surface area contributed by atoms with Crippen molar-refractivity contribution in [2.75, 3.05) is 0 Å². The van der Waals surface area contributed by atoms with E-state index in [-0.39, 0.29) is 48.3 Å². The fourth-order valence-electron chi connectivity index (χ4n) is 0.334. The first-order valence-corrected chi connectivity index (χ1v) is 2.50. The first-order chi connectivity index (χ1) is 5.00. The van der Waals surface area contributed by atoms with E-state index in [1.165, 1.54) is 0 Å². The van der Waals surface area contributed by atoms with E-state index in [0.717, 1.165) is 0 Å². The third-order valence-electron chi connectivity index (χ3n) is 0.910. The van der Waals surface area contributed by atoms with Crippen LogP contribution < -0.4 is 0 Å². The third kappa shape index (κ3) is 4.44. The topological polar surface area (TPSA) is 104 Å². The standard InChI is InChI=1S/C4H5BO6.Sr.2H/c5-11-4(10)2(7)1(6)3(8)9;;;/h1-2,6-7H,(H,8,9);;;/q;+2;2*-1. The van der Waals surface area contributed by atoms with Gasteiger partial charge in [0.05, 0.1) is 0 Å². The molecule has 0 aliphatic rings. The summed E-state index contributed by atoms with van der Waals surface area (Å²) < 4.78 is 3.47. The smallest absolute Gasteiger partial charge is 1.00 e. The molecule has 0 spiro atoms. The Morgan fingerprint density at radius 2 is 1.75 bits per heavy atom. The molecule has 2 radical (unpaired) electrons. The van der Waals surface area contributed by atoms with E-state index in [2.05, 4.69) is 12.7 Å². The van der Waals surface area contributed by atoms with E-state index in [0.29, 0.717) is 0 Å². The minimum atomic E-state index is -2.22. The van der Waals surface area contributed by atoms with Crippen molar-refractivity contribution in [3.63, 3.8) is 0 Å². The SMILES string of the molecule is [B]OC(=O)C(O)C(O)C(=O)O.[H-].[H-].[Sr+2]. The zero-order chi connectivity index (χ0) is 9.02. The molecule has 0 heterocycles. The van der Waals surface area contributed by atoms with Gasteiger partial charge in [0.25, 0.3) is 0 Å². The van der Waals surface area contributed by atoms with Crippen LogP contribution in [0.15, 0.2) is 0 Å². The molecule has 0 rings (SSSR count). The molecule has 0 fully saturated rings. The number of hydrogen-bond acceptors (Lipinski definition) is 5. The normalized spacial score (nSPS) is 13.8. The number of hydrogen-bond donors (Lipinski definition) is 3. The van der Waals surface area contributed by atoms with E-state index >= 15 is 0 Å². The number of aliphatic hydroxyl groups excluding tert-OH is 2. The van der Waals surface area contributed by atoms with Crippen molar-refractivity contribution in [3.05, 3.63) is 0 Å². The molecule has 8 heteroatoms. The Bertz CT molecular complexity index is 181. The van der Waals surface area contributed by atoms with Gasteiger partial charge in [0, 0.05) is 0 Å². The number of carboxylic acids is 1. The van der Waals surface area contributed by atoms with Gasteiger partial charge in [-0.15, -0.1) is 0 Å². The molecule has 64 valence electrons. The van der Waals surface area contributed by atoms with Crippen molar-refractivity contribution in [3.8, 4) is 0 Å². The minimum absolute atomic E-state index is 0. The summed E-state index contributed by atoms with van der Waals surface area (Å²) in [6.45, 7) is 0. The summed E-state index contributed by atoms with van der Waals surface area (Å²) in [4.78, 5) is 20.1. The number of rotatable bonds is 3. The Hall–Kier alpha value is 0.405. The molecule has 0 amide bonds. The van der Waals surface area contributed by atoms with Crippen molar-refractivity contribution < 1.29 is 32.4 Å². The Morgan fingerprint density at radius 3 is 2.00 bits per heavy atom. The Kier molecular flexibility index (Phi) is 8.54. The number of carbonyl (C=O) groups excluding carboxylic acids is 1. The van der Waals surface area contributed by atoms with Gasteiger partial charge in [-0.25, -0.2) is 4.79 Å². The van der Waals surface area contributed by atoms with E-state index in [1.807, 2.05) is 0 Å². The van der Waals surface area contributed by atoms with Gasteiger partial charge in [0.15, 0.2) is 12.2 Å². The third-order valence-corrected chi connectivity index (χ3v) is 0.910. The Morgan fingerprint density at radius 1 is 1.33 bits per heavy atom. The van der Waals surface area contributed by atoms with Crippen molar-refractivity contribution in [2.45, 2.75) is 12.2 Å². The Balaban J connectivity index is -0.000000167. The maximum atomic E-state index is 10.2. The van der Waals surface area contributed by atoms with E-state index in [9.17, 15) is 9.59 Å². The Labute approximate surface area is 109 Å². The molecule has 0 bridgehead atoms. The summed E-state index contributed by atoms with van der Waals surface area (Å²) >= 11 is 0. The second kappa shape index (κ2) is 6.87. The van der Waals surface area contributed by atoms with Crippen LogP contribution in [0, 0.1) is 0 Å². The van der Waals surface area contributed by atoms with Gasteiger partial charge in [-0.1, -0.05) is 0 Å². The maximum absolute atomic E-state index is 10.2. The molecular formula is C4H7BO6Sr. The predicted octanol–water partition coefficient (Wildman–Crippen LogP) is -2.74. The quantitative estimate of drug-likeness (QED) is 0.469. The van der Waals surface area contributed by atoms with Gasteiger partial charge in [0.2, 0.25) is 0 Å². The summed E-state index contributed by atoms with van der Waals surface area (Å²) in [6.07, 6.45) is -4.37. The molecule has 2 atom stereocenters. The zero-order valence-corrected chi connectivity index (χ0v) is 9.48. The first kappa shape index (κ1) is 14.9. The van der Waals surface area contributed by atoms with Crippen molar-refractivity contribution in [1.82, 2.24) is 0 Å². The van der Waals surface area contributed by atoms with Gasteiger partial charge in [-0.3, -0.25) is 4.79 Å². The summed E-state index contributed by atoms with van der Waals surface area (Å²) in [5.74, 6) is -3.14. The van der Waals surface area contributed by atoms with Crippen LogP contribution in [-0.2, 0) is 14.2 Å². The average molecular weight is 250 g/mol. The largest absolute Gasteiger partial charge is 2.00 e. The van der Waals surface area contributed by atoms with Gasteiger partial charge >= 0.3 is 65.5 Å². The number of aliphatic hydroxyl groups is 2. The molecular weight excluding hydrogens is 242 g/mol. The maximum Gasteiger partial charge on any atom is 2.00 e. The molecule has 0 aromatic carbocycles. The van der Waals surface area contributed by atoms with Crippen LogP contribution in [-0.4, -0.2) is 93.0 Å². The predicted molar refractivity (Wildman–Crippen MR) is 39.5 cm³/mol. The zero-order valence-electron chi connectivity index (χ0n) is 8.01. The van der Waals surface area contributed by atoms with Crippen LogP contribution in [0.3, 0.4) is 0 Å². The van der Waals surface area contributed by atoms with E-state index in [1.54, 1.807) is 0 Å². The van der Waals surface area contributed by atoms with Crippen LogP contribution in [0.4, 0.5) is 0 Å². The molecule has 0 aromatic heterocycles. The minimum Gasteiger partial charge on any atom is -1.00 e. The van der Waals surface area contributed by atoms with Crippen molar-refractivity contribution in [1.29, 1.82) is 0 Å². The summed E-state index contributed by atoms with van der Waals surface area (Å²) in [5.41, 5.74) is 0. The molecule has 12 heavy (non-hydrogen) atoms. The number of carbonyl (C=O) groups is 2. The molecule has 0 aromatic rings. The van der Waals surface area contributed by atoms with Crippen molar-refractivity contribution in [2.24, 2.45) is 0 Å². The first-order valence-electron chi connectivity index (χ1n) is 2.50. The van der Waals surface area contributed by atoms with Crippen LogP contribution in [0.1, 0.15) is 2.85 Å². The number of carboxylic acid groups (broad SMARTS) is 1. The van der Waals surface area contributed by atoms with Gasteiger partial charge in [-0.2, -0.15) is 0 Å². The van der Waals surface area contributed by atoms with Gasteiger partial charge < -0.3 is 22.8 Å². The van der Waals surface area contributed by atoms with Crippen LogP contribution in [0.2, 0.25) is 0 Å². The van der Waals surface area contributed by atoms with Crippen molar-refractivity contribution >= 4 is 65.5 Å².